The summed E-state index contributed by atoms with van der Waals surface area (Å²) in [4.78, 5) is 37.6. The molecule has 0 aromatic carbocycles. The minimum atomic E-state index is -0.731. The van der Waals surface area contributed by atoms with Gasteiger partial charge in [-0.25, -0.2) is 4.79 Å². The molecule has 7 nitrogen and oxygen atoms in total. The first-order valence-corrected chi connectivity index (χ1v) is 7.48. The number of carboxylic acid groups (broad SMARTS) is 1. The first-order valence-electron chi connectivity index (χ1n) is 7.48. The number of aromatic amines is 1. The van der Waals surface area contributed by atoms with Crippen molar-refractivity contribution in [2.75, 3.05) is 0 Å². The van der Waals surface area contributed by atoms with E-state index in [0.29, 0.717) is 30.6 Å². The fourth-order valence-electron chi connectivity index (χ4n) is 3.33. The van der Waals surface area contributed by atoms with E-state index in [1.165, 1.54) is 10.6 Å². The van der Waals surface area contributed by atoms with E-state index in [2.05, 4.69) is 4.98 Å². The molecule has 3 rings (SSSR count). The molecule has 2 heterocycles. The Bertz CT molecular complexity index is 821. The number of H-pyrrole nitrogens is 1. The van der Waals surface area contributed by atoms with Crippen molar-refractivity contribution in [1.82, 2.24) is 14.1 Å². The van der Waals surface area contributed by atoms with E-state index in [0.717, 1.165) is 12.8 Å². The van der Waals surface area contributed by atoms with Gasteiger partial charge < -0.3 is 10.1 Å². The summed E-state index contributed by atoms with van der Waals surface area (Å²) in [6.07, 6.45) is 2.87. The van der Waals surface area contributed by atoms with Crippen molar-refractivity contribution in [2.24, 2.45) is 18.9 Å². The van der Waals surface area contributed by atoms with Gasteiger partial charge in [-0.2, -0.15) is 0 Å². The van der Waals surface area contributed by atoms with Crippen molar-refractivity contribution in [3.8, 4) is 0 Å². The summed E-state index contributed by atoms with van der Waals surface area (Å²) in [5, 5.41) is 9.04. The molecule has 2 N–H and O–H groups in total. The molecule has 1 aliphatic rings. The average Bonchev–Trinajstić information content (AvgIpc) is 2.72. The Labute approximate surface area is 126 Å². The molecule has 2 aromatic heterocycles. The normalized spacial score (nSPS) is 22.0. The molecule has 7 heteroatoms. The van der Waals surface area contributed by atoms with Crippen LogP contribution in [0.25, 0.3) is 11.2 Å². The van der Waals surface area contributed by atoms with Gasteiger partial charge in [-0.15, -0.1) is 0 Å². The van der Waals surface area contributed by atoms with Crippen LogP contribution in [0.5, 0.6) is 0 Å². The highest BCUT2D eigenvalue weighted by Crippen LogP contribution is 2.30. The largest absolute Gasteiger partial charge is 0.481 e. The van der Waals surface area contributed by atoms with Crippen molar-refractivity contribution in [3.05, 3.63) is 33.0 Å². The minimum absolute atomic E-state index is 0.155. The summed E-state index contributed by atoms with van der Waals surface area (Å²) >= 11 is 0. The maximum absolute atomic E-state index is 12.4. The molecule has 0 amide bonds. The van der Waals surface area contributed by atoms with Gasteiger partial charge >= 0.3 is 11.7 Å². The molecule has 1 fully saturated rings. The van der Waals surface area contributed by atoms with E-state index >= 15 is 0 Å². The Morgan fingerprint density at radius 1 is 1.27 bits per heavy atom. The van der Waals surface area contributed by atoms with Crippen molar-refractivity contribution in [3.63, 3.8) is 0 Å². The quantitative estimate of drug-likeness (QED) is 0.881. The average molecular weight is 305 g/mol. The molecule has 1 aliphatic carbocycles. The Morgan fingerprint density at radius 3 is 2.59 bits per heavy atom. The van der Waals surface area contributed by atoms with Gasteiger partial charge in [0.25, 0.3) is 0 Å². The number of imidazole rings is 1. The van der Waals surface area contributed by atoms with Crippen LogP contribution in [0, 0.1) is 11.8 Å². The van der Waals surface area contributed by atoms with E-state index in [-0.39, 0.29) is 23.1 Å². The molecule has 0 aliphatic heterocycles. The first-order chi connectivity index (χ1) is 10.5. The number of aromatic nitrogens is 3. The molecule has 118 valence electrons. The van der Waals surface area contributed by atoms with E-state index in [1.54, 1.807) is 17.7 Å². The third kappa shape index (κ3) is 2.47. The number of aryl methyl sites for hydroxylation is 1. The highest BCUT2D eigenvalue weighted by Gasteiger charge is 2.27. The highest BCUT2D eigenvalue weighted by molar-refractivity contribution is 5.71. The van der Waals surface area contributed by atoms with Crippen molar-refractivity contribution >= 4 is 17.1 Å². The topological polar surface area (TPSA) is 97.1 Å². The number of pyridine rings is 1. The number of rotatable bonds is 3. The fourth-order valence-corrected chi connectivity index (χ4v) is 3.33. The number of carbonyl (C=O) groups is 1. The monoisotopic (exact) mass is 305 g/mol. The molecule has 1 saturated carbocycles. The number of aliphatic carboxylic acids is 1. The second-order valence-corrected chi connectivity index (χ2v) is 6.06. The molecule has 0 saturated heterocycles. The van der Waals surface area contributed by atoms with Crippen LogP contribution in [-0.2, 0) is 18.4 Å². The lowest BCUT2D eigenvalue weighted by molar-refractivity contribution is -0.143. The lowest BCUT2D eigenvalue weighted by Crippen LogP contribution is -2.29. The van der Waals surface area contributed by atoms with E-state index in [1.807, 2.05) is 0 Å². The zero-order chi connectivity index (χ0) is 15.9. The van der Waals surface area contributed by atoms with Gasteiger partial charge in [0, 0.05) is 19.7 Å². The zero-order valence-electron chi connectivity index (χ0n) is 12.4. The Hall–Kier alpha value is -2.31. The molecule has 22 heavy (non-hydrogen) atoms. The van der Waals surface area contributed by atoms with Gasteiger partial charge in [0.05, 0.1) is 11.4 Å². The van der Waals surface area contributed by atoms with Crippen LogP contribution < -0.4 is 11.2 Å². The second-order valence-electron chi connectivity index (χ2n) is 6.06. The van der Waals surface area contributed by atoms with E-state index in [9.17, 15) is 14.4 Å². The van der Waals surface area contributed by atoms with Crippen LogP contribution in [0.3, 0.4) is 0 Å². The molecule has 0 radical (unpaired) electrons. The van der Waals surface area contributed by atoms with Gasteiger partial charge in [-0.3, -0.25) is 18.7 Å². The molecule has 0 spiro atoms. The number of fused-ring (bicyclic) bond motifs is 1. The summed E-state index contributed by atoms with van der Waals surface area (Å²) in [6, 6.07) is 3.05. The summed E-state index contributed by atoms with van der Waals surface area (Å²) in [7, 11) is 1.68. The van der Waals surface area contributed by atoms with E-state index in [4.69, 9.17) is 5.11 Å². The predicted octanol–water partition coefficient (Wildman–Crippen LogP) is 0.919. The molecular weight excluding hydrogens is 286 g/mol. The number of carboxylic acids is 1. The van der Waals surface area contributed by atoms with Gasteiger partial charge in [0.15, 0.2) is 0 Å². The Kier molecular flexibility index (Phi) is 3.64. The number of nitrogens with one attached hydrogen (secondary N) is 1. The minimum Gasteiger partial charge on any atom is -0.481 e. The summed E-state index contributed by atoms with van der Waals surface area (Å²) in [5.41, 5.74) is 0.850. The van der Waals surface area contributed by atoms with Gasteiger partial charge in [-0.1, -0.05) is 0 Å². The molecule has 2 aromatic rings. The summed E-state index contributed by atoms with van der Waals surface area (Å²) in [5.74, 6) is -0.729. The summed E-state index contributed by atoms with van der Waals surface area (Å²) in [6.45, 7) is 0.516. The SMILES string of the molecule is Cn1c(=O)n(CC2CCC(C(=O)O)CC2)c2[nH]c(=O)ccc21. The first kappa shape index (κ1) is 14.6. The zero-order valence-corrected chi connectivity index (χ0v) is 12.4. The van der Waals surface area contributed by atoms with Crippen LogP contribution in [0.4, 0.5) is 0 Å². The van der Waals surface area contributed by atoms with Crippen LogP contribution >= 0.6 is 0 Å². The van der Waals surface area contributed by atoms with Gasteiger partial charge in [0.2, 0.25) is 5.56 Å². The molecule has 0 bridgehead atoms. The fraction of sp³-hybridized carbons (Fsp3) is 0.533. The van der Waals surface area contributed by atoms with Crippen LogP contribution in [0.1, 0.15) is 25.7 Å². The maximum Gasteiger partial charge on any atom is 0.330 e. The molecule has 0 atom stereocenters. The van der Waals surface area contributed by atoms with Crippen LogP contribution in [0.2, 0.25) is 0 Å². The van der Waals surface area contributed by atoms with Crippen molar-refractivity contribution < 1.29 is 9.90 Å². The third-order valence-electron chi connectivity index (χ3n) is 4.66. The smallest absolute Gasteiger partial charge is 0.330 e. The molecule has 0 unspecified atom stereocenters. The van der Waals surface area contributed by atoms with Crippen molar-refractivity contribution in [1.29, 1.82) is 0 Å². The predicted molar refractivity (Wildman–Crippen MR) is 80.9 cm³/mol. The van der Waals surface area contributed by atoms with Crippen LogP contribution in [0.15, 0.2) is 21.7 Å². The maximum atomic E-state index is 12.4. The lowest BCUT2D eigenvalue weighted by atomic mass is 9.82. The Morgan fingerprint density at radius 2 is 1.95 bits per heavy atom. The second kappa shape index (κ2) is 5.47. The lowest BCUT2D eigenvalue weighted by Gasteiger charge is -2.26. The molecular formula is C15H19N3O4. The number of nitrogens with zero attached hydrogens (tertiary/aromatic N) is 2. The standard InChI is InChI=1S/C15H19N3O4/c1-17-11-6-7-12(19)16-13(11)18(15(17)22)8-9-2-4-10(5-3-9)14(20)21/h6-7,9-10H,2-5,8H2,1H3,(H,16,19)(H,20,21). The summed E-state index contributed by atoms with van der Waals surface area (Å²) < 4.78 is 3.12. The van der Waals surface area contributed by atoms with Gasteiger partial charge in [-0.05, 0) is 37.7 Å². The van der Waals surface area contributed by atoms with Crippen LogP contribution in [-0.4, -0.2) is 25.2 Å². The number of hydrogen-bond donors (Lipinski definition) is 2. The Balaban J connectivity index is 1.87. The number of hydrogen-bond acceptors (Lipinski definition) is 3. The highest BCUT2D eigenvalue weighted by atomic mass is 16.4. The van der Waals surface area contributed by atoms with Gasteiger partial charge in [0.1, 0.15) is 5.65 Å². The van der Waals surface area contributed by atoms with Crippen molar-refractivity contribution in [2.45, 2.75) is 32.2 Å². The van der Waals surface area contributed by atoms with E-state index < -0.39 is 5.97 Å². The third-order valence-corrected chi connectivity index (χ3v) is 4.66.